The van der Waals surface area contributed by atoms with Crippen LogP contribution in [0.15, 0.2) is 17.0 Å². The molecule has 6 nitrogen and oxygen atoms in total. The Morgan fingerprint density at radius 3 is 2.27 bits per heavy atom. The second-order valence-corrected chi connectivity index (χ2v) is 7.01. The zero-order chi connectivity index (χ0) is 16.9. The number of ether oxygens (including phenoxy) is 1. The minimum Gasteiger partial charge on any atom is -0.383 e. The van der Waals surface area contributed by atoms with Gasteiger partial charge < -0.3 is 10.1 Å². The molecule has 1 unspecified atom stereocenters. The first-order valence-corrected chi connectivity index (χ1v) is 8.54. The normalized spacial score (nSPS) is 13.0. The molecular weight excluding hydrogens is 304 g/mol. The molecule has 0 bridgehead atoms. The molecule has 0 radical (unpaired) electrons. The third-order valence-electron chi connectivity index (χ3n) is 3.20. The maximum atomic E-state index is 12.5. The summed E-state index contributed by atoms with van der Waals surface area (Å²) in [5, 5.41) is 2.60. The van der Waals surface area contributed by atoms with Gasteiger partial charge in [-0.15, -0.1) is 0 Å². The number of hydrogen-bond donors (Lipinski definition) is 2. The second kappa shape index (κ2) is 7.71. The van der Waals surface area contributed by atoms with Crippen LogP contribution in [0, 0.1) is 20.8 Å². The summed E-state index contributed by atoms with van der Waals surface area (Å²) >= 11 is 0. The molecule has 1 aromatic rings. The lowest BCUT2D eigenvalue weighted by Gasteiger charge is -2.17. The van der Waals surface area contributed by atoms with Crippen molar-refractivity contribution in [2.75, 3.05) is 20.3 Å². The SMILES string of the molecule is COCCNC(=O)C(C)NS(=O)(=O)c1c(C)cc(C)cc1C. The van der Waals surface area contributed by atoms with Crippen LogP contribution in [0.5, 0.6) is 0 Å². The first-order valence-electron chi connectivity index (χ1n) is 7.06. The summed E-state index contributed by atoms with van der Waals surface area (Å²) in [5.41, 5.74) is 2.33. The molecule has 0 saturated heterocycles. The Morgan fingerprint density at radius 1 is 1.23 bits per heavy atom. The van der Waals surface area contributed by atoms with E-state index in [-0.39, 0.29) is 10.8 Å². The van der Waals surface area contributed by atoms with Crippen molar-refractivity contribution in [3.05, 3.63) is 28.8 Å². The van der Waals surface area contributed by atoms with Crippen LogP contribution in [0.2, 0.25) is 0 Å². The number of carbonyl (C=O) groups is 1. The standard InChI is InChI=1S/C15H24N2O4S/c1-10-8-11(2)14(12(3)9-10)22(19,20)17-13(4)15(18)16-6-7-21-5/h8-9,13,17H,6-7H2,1-5H3,(H,16,18). The number of benzene rings is 1. The van der Waals surface area contributed by atoms with Gasteiger partial charge in [-0.05, 0) is 38.8 Å². The molecule has 22 heavy (non-hydrogen) atoms. The van der Waals surface area contributed by atoms with Crippen molar-refractivity contribution < 1.29 is 17.9 Å². The number of nitrogens with one attached hydrogen (secondary N) is 2. The lowest BCUT2D eigenvalue weighted by atomic mass is 10.1. The minimum atomic E-state index is -3.76. The Labute approximate surface area is 132 Å². The highest BCUT2D eigenvalue weighted by atomic mass is 32.2. The minimum absolute atomic E-state index is 0.231. The van der Waals surface area contributed by atoms with E-state index in [9.17, 15) is 13.2 Å². The van der Waals surface area contributed by atoms with Crippen molar-refractivity contribution >= 4 is 15.9 Å². The van der Waals surface area contributed by atoms with Crippen LogP contribution in [-0.4, -0.2) is 40.6 Å². The van der Waals surface area contributed by atoms with Gasteiger partial charge in [0.1, 0.15) is 0 Å². The van der Waals surface area contributed by atoms with E-state index in [1.807, 2.05) is 19.1 Å². The highest BCUT2D eigenvalue weighted by Gasteiger charge is 2.24. The average molecular weight is 328 g/mol. The Kier molecular flexibility index (Phi) is 6.52. The van der Waals surface area contributed by atoms with Crippen molar-refractivity contribution in [1.29, 1.82) is 0 Å². The predicted octanol–water partition coefficient (Wildman–Crippen LogP) is 1.04. The molecular formula is C15H24N2O4S. The van der Waals surface area contributed by atoms with Gasteiger partial charge >= 0.3 is 0 Å². The highest BCUT2D eigenvalue weighted by Crippen LogP contribution is 2.21. The molecule has 1 aromatic carbocycles. The molecule has 0 aliphatic rings. The third-order valence-corrected chi connectivity index (χ3v) is 5.05. The van der Waals surface area contributed by atoms with Crippen molar-refractivity contribution in [3.63, 3.8) is 0 Å². The number of amides is 1. The van der Waals surface area contributed by atoms with E-state index >= 15 is 0 Å². The number of aryl methyl sites for hydroxylation is 3. The molecule has 1 rings (SSSR count). The number of methoxy groups -OCH3 is 1. The van der Waals surface area contributed by atoms with Crippen molar-refractivity contribution in [2.45, 2.75) is 38.6 Å². The molecule has 0 aliphatic carbocycles. The maximum absolute atomic E-state index is 12.5. The molecule has 2 N–H and O–H groups in total. The van der Waals surface area contributed by atoms with E-state index in [1.165, 1.54) is 14.0 Å². The van der Waals surface area contributed by atoms with Gasteiger partial charge in [0.15, 0.2) is 0 Å². The van der Waals surface area contributed by atoms with Crippen LogP contribution >= 0.6 is 0 Å². The number of rotatable bonds is 7. The maximum Gasteiger partial charge on any atom is 0.241 e. The zero-order valence-electron chi connectivity index (χ0n) is 13.7. The number of hydrogen-bond acceptors (Lipinski definition) is 4. The Morgan fingerprint density at radius 2 is 1.77 bits per heavy atom. The largest absolute Gasteiger partial charge is 0.383 e. The van der Waals surface area contributed by atoms with Gasteiger partial charge in [-0.2, -0.15) is 4.72 Å². The third kappa shape index (κ3) is 4.79. The smallest absolute Gasteiger partial charge is 0.241 e. The topological polar surface area (TPSA) is 84.5 Å². The molecule has 0 fully saturated rings. The van der Waals surface area contributed by atoms with E-state index in [2.05, 4.69) is 10.0 Å². The van der Waals surface area contributed by atoms with Crippen LogP contribution in [0.25, 0.3) is 0 Å². The summed E-state index contributed by atoms with van der Waals surface area (Å²) in [6, 6.07) is 2.76. The van der Waals surface area contributed by atoms with Gasteiger partial charge in [0.25, 0.3) is 0 Å². The monoisotopic (exact) mass is 328 g/mol. The molecule has 0 aromatic heterocycles. The van der Waals surface area contributed by atoms with Gasteiger partial charge in [-0.3, -0.25) is 4.79 Å². The van der Waals surface area contributed by atoms with Crippen LogP contribution in [-0.2, 0) is 19.6 Å². The van der Waals surface area contributed by atoms with E-state index in [4.69, 9.17) is 4.74 Å². The quantitative estimate of drug-likeness (QED) is 0.733. The van der Waals surface area contributed by atoms with E-state index in [0.29, 0.717) is 24.3 Å². The molecule has 0 heterocycles. The van der Waals surface area contributed by atoms with E-state index in [1.54, 1.807) is 13.8 Å². The fourth-order valence-corrected chi connectivity index (χ4v) is 4.02. The van der Waals surface area contributed by atoms with E-state index in [0.717, 1.165) is 5.56 Å². The summed E-state index contributed by atoms with van der Waals surface area (Å²) in [7, 11) is -2.23. The highest BCUT2D eigenvalue weighted by molar-refractivity contribution is 7.89. The summed E-state index contributed by atoms with van der Waals surface area (Å²) in [4.78, 5) is 12.1. The van der Waals surface area contributed by atoms with Crippen molar-refractivity contribution in [3.8, 4) is 0 Å². The Bertz CT molecular complexity index is 618. The summed E-state index contributed by atoms with van der Waals surface area (Å²) < 4.78 is 32.3. The molecule has 0 aliphatic heterocycles. The molecule has 1 atom stereocenters. The lowest BCUT2D eigenvalue weighted by molar-refractivity contribution is -0.122. The van der Waals surface area contributed by atoms with Crippen molar-refractivity contribution in [1.82, 2.24) is 10.0 Å². The second-order valence-electron chi connectivity index (χ2n) is 5.35. The van der Waals surface area contributed by atoms with Crippen LogP contribution in [0.3, 0.4) is 0 Å². The fourth-order valence-electron chi connectivity index (χ4n) is 2.37. The van der Waals surface area contributed by atoms with Crippen LogP contribution < -0.4 is 10.0 Å². The summed E-state index contributed by atoms with van der Waals surface area (Å²) in [6.45, 7) is 7.63. The zero-order valence-corrected chi connectivity index (χ0v) is 14.5. The van der Waals surface area contributed by atoms with Gasteiger partial charge in [-0.1, -0.05) is 17.7 Å². The van der Waals surface area contributed by atoms with E-state index < -0.39 is 16.1 Å². The Hall–Kier alpha value is -1.44. The molecule has 0 spiro atoms. The molecule has 7 heteroatoms. The summed E-state index contributed by atoms with van der Waals surface area (Å²) in [5.74, 6) is -0.386. The predicted molar refractivity (Wildman–Crippen MR) is 85.3 cm³/mol. The van der Waals surface area contributed by atoms with Crippen LogP contribution in [0.4, 0.5) is 0 Å². The molecule has 124 valence electrons. The average Bonchev–Trinajstić information content (AvgIpc) is 2.36. The van der Waals surface area contributed by atoms with Crippen LogP contribution in [0.1, 0.15) is 23.6 Å². The van der Waals surface area contributed by atoms with Gasteiger partial charge in [0.2, 0.25) is 15.9 Å². The molecule has 1 amide bonds. The van der Waals surface area contributed by atoms with Gasteiger partial charge in [0, 0.05) is 13.7 Å². The van der Waals surface area contributed by atoms with Gasteiger partial charge in [0.05, 0.1) is 17.5 Å². The Balaban J connectivity index is 2.90. The van der Waals surface area contributed by atoms with Crippen molar-refractivity contribution in [2.24, 2.45) is 0 Å². The lowest BCUT2D eigenvalue weighted by Crippen LogP contribution is -2.45. The van der Waals surface area contributed by atoms with Gasteiger partial charge in [-0.25, -0.2) is 8.42 Å². The first kappa shape index (κ1) is 18.6. The number of sulfonamides is 1. The fraction of sp³-hybridized carbons (Fsp3) is 0.533. The first-order chi connectivity index (χ1) is 10.2. The molecule has 0 saturated carbocycles. The number of carbonyl (C=O) groups excluding carboxylic acids is 1. The summed E-state index contributed by atoms with van der Waals surface area (Å²) in [6.07, 6.45) is 0.